The number of rotatable bonds is 2. The summed E-state index contributed by atoms with van der Waals surface area (Å²) in [5, 5.41) is 0. The monoisotopic (exact) mass is 244 g/mol. The third-order valence-corrected chi connectivity index (χ3v) is 3.84. The lowest BCUT2D eigenvalue weighted by Crippen LogP contribution is -2.26. The van der Waals surface area contributed by atoms with Gasteiger partial charge in [-0.05, 0) is 24.0 Å². The number of nitrogens with zero attached hydrogens (tertiary/aromatic N) is 1. The minimum absolute atomic E-state index is 0.0223. The van der Waals surface area contributed by atoms with Crippen molar-refractivity contribution in [3.8, 4) is 0 Å². The number of hydrogen-bond acceptors (Lipinski definition) is 2. The Morgan fingerprint density at radius 1 is 1.35 bits per heavy atom. The molecule has 2 N–H and O–H groups in total. The van der Waals surface area contributed by atoms with Gasteiger partial charge in [-0.25, -0.2) is 0 Å². The molecule has 0 amide bonds. The standard InChI is InChI=1S/C12H15F3N2/c1-10(2)6-11(10,7-16)9-4-3-8(5-17-9)12(13,14)15/h3-5H,6-7,16H2,1-2H3. The number of pyridine rings is 1. The quantitative estimate of drug-likeness (QED) is 0.868. The molecule has 1 fully saturated rings. The van der Waals surface area contributed by atoms with E-state index in [1.165, 1.54) is 6.07 Å². The molecule has 1 saturated carbocycles. The maximum atomic E-state index is 12.4. The van der Waals surface area contributed by atoms with Gasteiger partial charge in [0.2, 0.25) is 0 Å². The molecule has 1 atom stereocenters. The van der Waals surface area contributed by atoms with Crippen molar-refractivity contribution in [1.29, 1.82) is 0 Å². The summed E-state index contributed by atoms with van der Waals surface area (Å²) in [6, 6.07) is 2.53. The Balaban J connectivity index is 2.31. The number of aromatic nitrogens is 1. The number of alkyl halides is 3. The zero-order valence-corrected chi connectivity index (χ0v) is 9.80. The number of hydrogen-bond donors (Lipinski definition) is 1. The van der Waals surface area contributed by atoms with Crippen molar-refractivity contribution in [3.05, 3.63) is 29.6 Å². The van der Waals surface area contributed by atoms with Crippen LogP contribution in [-0.4, -0.2) is 11.5 Å². The third kappa shape index (κ3) is 1.82. The van der Waals surface area contributed by atoms with E-state index in [4.69, 9.17) is 5.73 Å². The largest absolute Gasteiger partial charge is 0.417 e. The van der Waals surface area contributed by atoms with E-state index in [1.54, 1.807) is 0 Å². The van der Waals surface area contributed by atoms with Gasteiger partial charge in [-0.2, -0.15) is 13.2 Å². The highest BCUT2D eigenvalue weighted by atomic mass is 19.4. The van der Waals surface area contributed by atoms with Crippen LogP contribution in [0.3, 0.4) is 0 Å². The van der Waals surface area contributed by atoms with E-state index in [0.29, 0.717) is 12.2 Å². The summed E-state index contributed by atoms with van der Waals surface area (Å²) in [6.45, 7) is 4.52. The first kappa shape index (κ1) is 12.4. The van der Waals surface area contributed by atoms with Crippen LogP contribution in [0, 0.1) is 5.41 Å². The Hall–Kier alpha value is -1.10. The molecule has 17 heavy (non-hydrogen) atoms. The SMILES string of the molecule is CC1(C)CC1(CN)c1ccc(C(F)(F)F)cn1. The highest BCUT2D eigenvalue weighted by Gasteiger charge is 2.62. The molecular formula is C12H15F3N2. The van der Waals surface area contributed by atoms with Gasteiger partial charge in [0, 0.05) is 23.9 Å². The topological polar surface area (TPSA) is 38.9 Å². The molecule has 2 nitrogen and oxygen atoms in total. The van der Waals surface area contributed by atoms with Crippen LogP contribution in [0.5, 0.6) is 0 Å². The Labute approximate surface area is 98.0 Å². The molecule has 1 unspecified atom stereocenters. The van der Waals surface area contributed by atoms with Crippen LogP contribution in [0.4, 0.5) is 13.2 Å². The summed E-state index contributed by atoms with van der Waals surface area (Å²) >= 11 is 0. The lowest BCUT2D eigenvalue weighted by Gasteiger charge is -2.18. The summed E-state index contributed by atoms with van der Waals surface area (Å²) < 4.78 is 37.2. The summed E-state index contributed by atoms with van der Waals surface area (Å²) in [7, 11) is 0. The van der Waals surface area contributed by atoms with Crippen molar-refractivity contribution in [2.75, 3.05) is 6.54 Å². The van der Waals surface area contributed by atoms with E-state index in [9.17, 15) is 13.2 Å². The second kappa shape index (κ2) is 3.45. The van der Waals surface area contributed by atoms with E-state index in [2.05, 4.69) is 18.8 Å². The minimum Gasteiger partial charge on any atom is -0.330 e. The van der Waals surface area contributed by atoms with Crippen LogP contribution in [0.1, 0.15) is 31.5 Å². The Morgan fingerprint density at radius 3 is 2.24 bits per heavy atom. The highest BCUT2D eigenvalue weighted by Crippen LogP contribution is 2.63. The van der Waals surface area contributed by atoms with Gasteiger partial charge >= 0.3 is 6.18 Å². The zero-order chi connectivity index (χ0) is 12.9. The fourth-order valence-corrected chi connectivity index (χ4v) is 2.45. The van der Waals surface area contributed by atoms with Crippen LogP contribution in [0.25, 0.3) is 0 Å². The molecule has 1 aliphatic rings. The van der Waals surface area contributed by atoms with E-state index in [0.717, 1.165) is 18.7 Å². The second-order valence-electron chi connectivity index (χ2n) is 5.28. The van der Waals surface area contributed by atoms with Gasteiger partial charge in [-0.1, -0.05) is 13.8 Å². The minimum atomic E-state index is -4.33. The molecule has 2 rings (SSSR count). The maximum absolute atomic E-state index is 12.4. The Bertz CT molecular complexity index is 422. The first-order chi connectivity index (χ1) is 7.73. The fraction of sp³-hybridized carbons (Fsp3) is 0.583. The van der Waals surface area contributed by atoms with Gasteiger partial charge in [0.15, 0.2) is 0 Å². The van der Waals surface area contributed by atoms with Crippen molar-refractivity contribution in [3.63, 3.8) is 0 Å². The van der Waals surface area contributed by atoms with E-state index < -0.39 is 11.7 Å². The van der Waals surface area contributed by atoms with Crippen molar-refractivity contribution >= 4 is 0 Å². The zero-order valence-electron chi connectivity index (χ0n) is 9.80. The summed E-state index contributed by atoms with van der Waals surface area (Å²) in [5.41, 5.74) is 5.46. The summed E-state index contributed by atoms with van der Waals surface area (Å²) in [4.78, 5) is 3.95. The van der Waals surface area contributed by atoms with Crippen LogP contribution in [0.15, 0.2) is 18.3 Å². The van der Waals surface area contributed by atoms with Gasteiger partial charge < -0.3 is 5.73 Å². The number of nitrogens with two attached hydrogens (primary N) is 1. The van der Waals surface area contributed by atoms with Crippen LogP contribution in [0.2, 0.25) is 0 Å². The van der Waals surface area contributed by atoms with Gasteiger partial charge in [0.05, 0.1) is 5.56 Å². The van der Waals surface area contributed by atoms with Crippen LogP contribution < -0.4 is 5.73 Å². The first-order valence-corrected chi connectivity index (χ1v) is 5.47. The molecule has 0 radical (unpaired) electrons. The van der Waals surface area contributed by atoms with Crippen molar-refractivity contribution in [2.45, 2.75) is 31.9 Å². The van der Waals surface area contributed by atoms with Crippen LogP contribution in [-0.2, 0) is 11.6 Å². The van der Waals surface area contributed by atoms with Gasteiger partial charge in [-0.3, -0.25) is 4.98 Å². The highest BCUT2D eigenvalue weighted by molar-refractivity contribution is 5.34. The average Bonchev–Trinajstić information content (AvgIpc) is 2.81. The molecule has 0 aliphatic heterocycles. The van der Waals surface area contributed by atoms with E-state index in [1.807, 2.05) is 0 Å². The molecule has 0 saturated heterocycles. The molecule has 1 heterocycles. The Kier molecular flexibility index (Phi) is 2.51. The predicted molar refractivity (Wildman–Crippen MR) is 58.4 cm³/mol. The lowest BCUT2D eigenvalue weighted by atomic mass is 9.91. The molecule has 1 aliphatic carbocycles. The predicted octanol–water partition coefficient (Wildman–Crippen LogP) is 2.73. The molecule has 0 bridgehead atoms. The van der Waals surface area contributed by atoms with Crippen molar-refractivity contribution in [1.82, 2.24) is 4.98 Å². The molecular weight excluding hydrogens is 229 g/mol. The number of halogens is 3. The summed E-state index contributed by atoms with van der Waals surface area (Å²) in [6.07, 6.45) is -2.57. The third-order valence-electron chi connectivity index (χ3n) is 3.84. The van der Waals surface area contributed by atoms with Gasteiger partial charge in [0.1, 0.15) is 0 Å². The second-order valence-corrected chi connectivity index (χ2v) is 5.28. The molecule has 94 valence electrons. The lowest BCUT2D eigenvalue weighted by molar-refractivity contribution is -0.137. The summed E-state index contributed by atoms with van der Waals surface area (Å²) in [5.74, 6) is 0. The first-order valence-electron chi connectivity index (χ1n) is 5.47. The van der Waals surface area contributed by atoms with Gasteiger partial charge in [-0.15, -0.1) is 0 Å². The molecule has 1 aromatic heterocycles. The fourth-order valence-electron chi connectivity index (χ4n) is 2.45. The molecule has 0 spiro atoms. The van der Waals surface area contributed by atoms with Gasteiger partial charge in [0.25, 0.3) is 0 Å². The average molecular weight is 244 g/mol. The molecule has 5 heteroatoms. The normalized spacial score (nSPS) is 26.9. The molecule has 1 aromatic rings. The molecule has 0 aromatic carbocycles. The van der Waals surface area contributed by atoms with Crippen LogP contribution >= 0.6 is 0 Å². The van der Waals surface area contributed by atoms with E-state index >= 15 is 0 Å². The smallest absolute Gasteiger partial charge is 0.330 e. The Morgan fingerprint density at radius 2 is 1.94 bits per heavy atom. The van der Waals surface area contributed by atoms with Crippen molar-refractivity contribution in [2.24, 2.45) is 11.1 Å². The van der Waals surface area contributed by atoms with E-state index in [-0.39, 0.29) is 10.8 Å². The van der Waals surface area contributed by atoms with Crippen molar-refractivity contribution < 1.29 is 13.2 Å². The maximum Gasteiger partial charge on any atom is 0.417 e.